The summed E-state index contributed by atoms with van der Waals surface area (Å²) in [7, 11) is -4.03. The number of amides is 1. The van der Waals surface area contributed by atoms with Crippen molar-refractivity contribution >= 4 is 28.3 Å². The minimum absolute atomic E-state index is 0. The molecule has 2 aliphatic rings. The van der Waals surface area contributed by atoms with Crippen molar-refractivity contribution in [2.45, 2.75) is 55.6 Å². The number of nitrogens with zero attached hydrogens (tertiary/aromatic N) is 2. The molecule has 1 amide bonds. The van der Waals surface area contributed by atoms with Crippen LogP contribution in [0.5, 0.6) is 0 Å². The van der Waals surface area contributed by atoms with Gasteiger partial charge in [-0.05, 0) is 25.0 Å². The molecule has 8 nitrogen and oxygen atoms in total. The van der Waals surface area contributed by atoms with E-state index >= 15 is 0 Å². The summed E-state index contributed by atoms with van der Waals surface area (Å²) in [5, 5.41) is 9.12. The van der Waals surface area contributed by atoms with Gasteiger partial charge in [0.2, 0.25) is 10.0 Å². The van der Waals surface area contributed by atoms with E-state index in [2.05, 4.69) is 4.98 Å². The zero-order valence-electron chi connectivity index (χ0n) is 17.2. The molecule has 31 heavy (non-hydrogen) atoms. The highest BCUT2D eigenvalue weighted by atomic mass is 35.5. The number of hydroxylamine groups is 1. The number of aromatic nitrogens is 1. The summed E-state index contributed by atoms with van der Waals surface area (Å²) in [6, 6.07) is 2.95. The first-order chi connectivity index (χ1) is 14.2. The van der Waals surface area contributed by atoms with Crippen LogP contribution < -0.4 is 5.48 Å². The van der Waals surface area contributed by atoms with E-state index in [-0.39, 0.29) is 69.5 Å². The Balaban J connectivity index is 0.00000341. The van der Waals surface area contributed by atoms with E-state index in [0.717, 1.165) is 0 Å². The van der Waals surface area contributed by atoms with Crippen molar-refractivity contribution in [3.8, 4) is 0 Å². The fraction of sp³-hybridized carbons (Fsp3) is 0.684. The number of halogens is 3. The molecule has 3 rings (SSSR count). The predicted octanol–water partition coefficient (Wildman–Crippen LogP) is 2.57. The summed E-state index contributed by atoms with van der Waals surface area (Å²) < 4.78 is 58.9. The number of alkyl halides is 2. The molecule has 2 saturated heterocycles. The second-order valence-corrected chi connectivity index (χ2v) is 10.0. The van der Waals surface area contributed by atoms with Gasteiger partial charge in [0.25, 0.3) is 11.8 Å². The molecule has 0 aromatic carbocycles. The van der Waals surface area contributed by atoms with Gasteiger partial charge in [0.1, 0.15) is 0 Å². The number of sulfonamides is 1. The lowest BCUT2D eigenvalue weighted by Gasteiger charge is -2.40. The molecule has 0 radical (unpaired) electrons. The molecular weight excluding hydrogens is 456 g/mol. The van der Waals surface area contributed by atoms with Crippen LogP contribution in [0, 0.1) is 0 Å². The van der Waals surface area contributed by atoms with Crippen LogP contribution in [0.4, 0.5) is 8.78 Å². The average Bonchev–Trinajstić information content (AvgIpc) is 2.79. The van der Waals surface area contributed by atoms with Gasteiger partial charge in [-0.25, -0.2) is 27.0 Å². The predicted molar refractivity (Wildman–Crippen MR) is 111 cm³/mol. The van der Waals surface area contributed by atoms with Crippen LogP contribution >= 0.6 is 12.4 Å². The zero-order valence-corrected chi connectivity index (χ0v) is 18.9. The molecule has 2 aliphatic heterocycles. The molecule has 1 aromatic heterocycles. The third kappa shape index (κ3) is 4.85. The van der Waals surface area contributed by atoms with E-state index in [4.69, 9.17) is 9.94 Å². The normalized spacial score (nSPS) is 20.6. The molecule has 3 heterocycles. The Morgan fingerprint density at radius 1 is 1.32 bits per heavy atom. The van der Waals surface area contributed by atoms with Gasteiger partial charge in [0.15, 0.2) is 4.75 Å². The van der Waals surface area contributed by atoms with Crippen molar-refractivity contribution in [1.82, 2.24) is 14.8 Å². The van der Waals surface area contributed by atoms with E-state index in [0.29, 0.717) is 18.5 Å². The summed E-state index contributed by atoms with van der Waals surface area (Å²) in [4.78, 5) is 16.5. The Hall–Kier alpha value is -1.40. The molecule has 1 aromatic rings. The summed E-state index contributed by atoms with van der Waals surface area (Å²) in [5.74, 6) is -3.92. The number of piperidine rings is 1. The Labute approximate surface area is 186 Å². The molecule has 2 N–H and O–H groups in total. The van der Waals surface area contributed by atoms with Crippen LogP contribution in [-0.2, 0) is 25.5 Å². The van der Waals surface area contributed by atoms with E-state index in [1.54, 1.807) is 6.07 Å². The van der Waals surface area contributed by atoms with Crippen LogP contribution in [0.2, 0.25) is 0 Å². The molecule has 0 unspecified atom stereocenters. The highest BCUT2D eigenvalue weighted by Crippen LogP contribution is 2.37. The summed E-state index contributed by atoms with van der Waals surface area (Å²) in [5.41, 5.74) is 2.02. The highest BCUT2D eigenvalue weighted by molar-refractivity contribution is 7.91. The molecule has 2 fully saturated rings. The molecule has 0 atom stereocenters. The Bertz CT molecular complexity index is 856. The number of carbonyl (C=O) groups is 1. The van der Waals surface area contributed by atoms with Gasteiger partial charge < -0.3 is 4.74 Å². The standard InChI is InChI=1S/C19H27F2N3O5S.ClH/c1-2-19(20,21)15-3-4-16(22-13-15)14-5-9-24(10-6-14)30(27,28)18(17(25)23-26)7-11-29-12-8-18;/h3-4,13-14,26H,2,5-12H2,1H3,(H,23,25);1H. The maximum atomic E-state index is 13.8. The Morgan fingerprint density at radius 3 is 2.42 bits per heavy atom. The topological polar surface area (TPSA) is 109 Å². The van der Waals surface area contributed by atoms with Gasteiger partial charge in [-0.2, -0.15) is 0 Å². The first-order valence-corrected chi connectivity index (χ1v) is 11.5. The average molecular weight is 484 g/mol. The summed E-state index contributed by atoms with van der Waals surface area (Å²) in [6.45, 7) is 2.00. The Morgan fingerprint density at radius 2 is 1.94 bits per heavy atom. The van der Waals surface area contributed by atoms with Crippen molar-refractivity contribution in [2.24, 2.45) is 0 Å². The van der Waals surface area contributed by atoms with Gasteiger partial charge in [0, 0.05) is 68.9 Å². The van der Waals surface area contributed by atoms with Crippen molar-refractivity contribution in [2.75, 3.05) is 26.3 Å². The van der Waals surface area contributed by atoms with E-state index in [1.165, 1.54) is 29.0 Å². The van der Waals surface area contributed by atoms with Crippen molar-refractivity contribution in [3.05, 3.63) is 29.6 Å². The first-order valence-electron chi connectivity index (χ1n) is 10.0. The quantitative estimate of drug-likeness (QED) is 0.475. The molecule has 176 valence electrons. The monoisotopic (exact) mass is 483 g/mol. The molecule has 0 saturated carbocycles. The van der Waals surface area contributed by atoms with Crippen molar-refractivity contribution < 1.29 is 31.9 Å². The molecule has 12 heteroatoms. The highest BCUT2D eigenvalue weighted by Gasteiger charge is 2.54. The minimum Gasteiger partial charge on any atom is -0.381 e. The second kappa shape index (κ2) is 10.0. The summed E-state index contributed by atoms with van der Waals surface area (Å²) in [6.07, 6.45) is 1.74. The third-order valence-corrected chi connectivity index (χ3v) is 8.80. The maximum Gasteiger partial charge on any atom is 0.274 e. The minimum atomic E-state index is -4.03. The molecule has 0 aliphatic carbocycles. The van der Waals surface area contributed by atoms with Crippen LogP contribution in [-0.4, -0.2) is 59.9 Å². The summed E-state index contributed by atoms with van der Waals surface area (Å²) >= 11 is 0. The lowest BCUT2D eigenvalue weighted by atomic mass is 9.93. The number of ether oxygens (including phenoxy) is 1. The van der Waals surface area contributed by atoms with Crippen molar-refractivity contribution in [3.63, 3.8) is 0 Å². The van der Waals surface area contributed by atoms with E-state index in [1.807, 2.05) is 0 Å². The van der Waals surface area contributed by atoms with Crippen molar-refractivity contribution in [1.29, 1.82) is 0 Å². The number of carbonyl (C=O) groups excluding carboxylic acids is 1. The number of hydrogen-bond acceptors (Lipinski definition) is 6. The van der Waals surface area contributed by atoms with Gasteiger partial charge in [-0.15, -0.1) is 12.4 Å². The number of nitrogens with one attached hydrogen (secondary N) is 1. The van der Waals surface area contributed by atoms with Crippen LogP contribution in [0.3, 0.4) is 0 Å². The first kappa shape index (κ1) is 25.9. The van der Waals surface area contributed by atoms with Gasteiger partial charge in [-0.1, -0.05) is 6.92 Å². The van der Waals surface area contributed by atoms with Crippen LogP contribution in [0.15, 0.2) is 18.3 Å². The Kier molecular flexibility index (Phi) is 8.37. The molecule has 0 bridgehead atoms. The van der Waals surface area contributed by atoms with E-state index < -0.39 is 26.6 Å². The lowest BCUT2D eigenvalue weighted by Crippen LogP contribution is -2.60. The van der Waals surface area contributed by atoms with E-state index in [9.17, 15) is 22.0 Å². The third-order valence-electron chi connectivity index (χ3n) is 6.17. The SMILES string of the molecule is CCC(F)(F)c1ccc(C2CCN(S(=O)(=O)C3(C(=O)NO)CCOCC3)CC2)nc1.Cl. The zero-order chi connectivity index (χ0) is 22.0. The van der Waals surface area contributed by atoms with Crippen LogP contribution in [0.1, 0.15) is 56.2 Å². The maximum absolute atomic E-state index is 13.8. The van der Waals surface area contributed by atoms with Gasteiger partial charge in [-0.3, -0.25) is 15.0 Å². The van der Waals surface area contributed by atoms with Crippen LogP contribution in [0.25, 0.3) is 0 Å². The lowest BCUT2D eigenvalue weighted by molar-refractivity contribution is -0.134. The smallest absolute Gasteiger partial charge is 0.274 e. The largest absolute Gasteiger partial charge is 0.381 e. The fourth-order valence-corrected chi connectivity index (χ4v) is 6.26. The molecule has 0 spiro atoms. The number of rotatable bonds is 6. The fourth-order valence-electron chi connectivity index (χ4n) is 4.11. The number of pyridine rings is 1. The second-order valence-electron chi connectivity index (χ2n) is 7.76. The number of hydrogen-bond donors (Lipinski definition) is 2. The van der Waals surface area contributed by atoms with Gasteiger partial charge in [0.05, 0.1) is 0 Å². The molecular formula is C19H28ClF2N3O5S. The van der Waals surface area contributed by atoms with Gasteiger partial charge >= 0.3 is 0 Å².